The normalized spacial score (nSPS) is 30.3. The highest BCUT2D eigenvalue weighted by atomic mass is 32.2. The van der Waals surface area contributed by atoms with Crippen molar-refractivity contribution < 1.29 is 0 Å². The van der Waals surface area contributed by atoms with Gasteiger partial charge in [-0.1, -0.05) is 18.2 Å². The van der Waals surface area contributed by atoms with Crippen LogP contribution in [0.2, 0.25) is 0 Å². The topological polar surface area (TPSA) is 12.0 Å². The van der Waals surface area contributed by atoms with Crippen molar-refractivity contribution >= 4 is 23.5 Å². The first kappa shape index (κ1) is 13.8. The zero-order valence-electron chi connectivity index (χ0n) is 11.6. The predicted octanol–water partition coefficient (Wildman–Crippen LogP) is 3.97. The van der Waals surface area contributed by atoms with Crippen LogP contribution in [0.25, 0.3) is 0 Å². The van der Waals surface area contributed by atoms with Gasteiger partial charge in [0.05, 0.1) is 0 Å². The van der Waals surface area contributed by atoms with Crippen LogP contribution >= 0.6 is 23.5 Å². The van der Waals surface area contributed by atoms with Crippen molar-refractivity contribution in [2.24, 2.45) is 0 Å². The highest BCUT2D eigenvalue weighted by Crippen LogP contribution is 2.36. The lowest BCUT2D eigenvalue weighted by Crippen LogP contribution is -2.37. The van der Waals surface area contributed by atoms with Gasteiger partial charge in [-0.05, 0) is 50.0 Å². The summed E-state index contributed by atoms with van der Waals surface area (Å²) in [5.74, 6) is 0. The maximum absolute atomic E-state index is 3.81. The molecule has 0 saturated heterocycles. The van der Waals surface area contributed by atoms with Crippen LogP contribution in [0, 0.1) is 0 Å². The maximum atomic E-state index is 3.81. The molecule has 3 heteroatoms. The standard InChI is InChI=1S/C16H23NS2/c1-18-14-8-6-13(7-9-14)17-11-15-10-12-4-2-3-5-16(12)19-15/h2-5,13-15,17H,6-11H2,1H3. The molecule has 0 bridgehead atoms. The largest absolute Gasteiger partial charge is 0.313 e. The van der Waals surface area contributed by atoms with Crippen molar-refractivity contribution in [2.75, 3.05) is 12.8 Å². The monoisotopic (exact) mass is 293 g/mol. The third-order valence-corrected chi connectivity index (χ3v) is 6.81. The first-order valence-electron chi connectivity index (χ1n) is 7.36. The van der Waals surface area contributed by atoms with Crippen LogP contribution in [-0.4, -0.2) is 29.3 Å². The fraction of sp³-hybridized carbons (Fsp3) is 0.625. The van der Waals surface area contributed by atoms with E-state index in [1.165, 1.54) is 43.5 Å². The van der Waals surface area contributed by atoms with Gasteiger partial charge in [-0.15, -0.1) is 11.8 Å². The van der Waals surface area contributed by atoms with Crippen LogP contribution in [0.1, 0.15) is 31.2 Å². The summed E-state index contributed by atoms with van der Waals surface area (Å²) in [5, 5.41) is 5.48. The van der Waals surface area contributed by atoms with Crippen molar-refractivity contribution in [3.8, 4) is 0 Å². The van der Waals surface area contributed by atoms with Gasteiger partial charge in [0.25, 0.3) is 0 Å². The maximum Gasteiger partial charge on any atom is 0.0260 e. The Kier molecular flexibility index (Phi) is 4.78. The molecule has 1 aromatic rings. The summed E-state index contributed by atoms with van der Waals surface area (Å²) in [6, 6.07) is 9.65. The summed E-state index contributed by atoms with van der Waals surface area (Å²) >= 11 is 4.11. The predicted molar refractivity (Wildman–Crippen MR) is 87.4 cm³/mol. The molecule has 0 spiro atoms. The quantitative estimate of drug-likeness (QED) is 0.902. The minimum absolute atomic E-state index is 0.746. The molecule has 1 atom stereocenters. The highest BCUT2D eigenvalue weighted by molar-refractivity contribution is 8.00. The molecule has 3 rings (SSSR count). The second-order valence-corrected chi connectivity index (χ2v) is 8.15. The van der Waals surface area contributed by atoms with Crippen LogP contribution in [0.5, 0.6) is 0 Å². The molecule has 1 unspecified atom stereocenters. The molecule has 1 aliphatic heterocycles. The van der Waals surface area contributed by atoms with Crippen molar-refractivity contribution in [1.29, 1.82) is 0 Å². The van der Waals surface area contributed by atoms with Gasteiger partial charge < -0.3 is 5.32 Å². The van der Waals surface area contributed by atoms with Crippen LogP contribution < -0.4 is 5.32 Å². The average molecular weight is 294 g/mol. The second-order valence-electron chi connectivity index (χ2n) is 5.67. The Morgan fingerprint density at radius 1 is 1.21 bits per heavy atom. The van der Waals surface area contributed by atoms with Crippen LogP contribution in [0.15, 0.2) is 29.2 Å². The van der Waals surface area contributed by atoms with Crippen LogP contribution in [-0.2, 0) is 6.42 Å². The van der Waals surface area contributed by atoms with E-state index >= 15 is 0 Å². The molecule has 1 saturated carbocycles. The van der Waals surface area contributed by atoms with Gasteiger partial charge in [0.15, 0.2) is 0 Å². The van der Waals surface area contributed by atoms with Crippen molar-refractivity contribution in [3.05, 3.63) is 29.8 Å². The Balaban J connectivity index is 1.43. The van der Waals surface area contributed by atoms with Crippen LogP contribution in [0.4, 0.5) is 0 Å². The summed E-state index contributed by atoms with van der Waals surface area (Å²) in [4.78, 5) is 1.50. The third-order valence-electron chi connectivity index (χ3n) is 4.36. The van der Waals surface area contributed by atoms with E-state index in [0.717, 1.165) is 16.5 Å². The molecule has 2 aliphatic rings. The Hall–Kier alpha value is -0.120. The van der Waals surface area contributed by atoms with Crippen molar-refractivity contribution in [2.45, 2.75) is 53.5 Å². The average Bonchev–Trinajstić information content (AvgIpc) is 2.88. The Morgan fingerprint density at radius 3 is 2.74 bits per heavy atom. The summed E-state index contributed by atoms with van der Waals surface area (Å²) in [7, 11) is 0. The number of nitrogens with one attached hydrogen (secondary N) is 1. The van der Waals surface area contributed by atoms with Gasteiger partial charge >= 0.3 is 0 Å². The Labute approximate surface area is 125 Å². The van der Waals surface area contributed by atoms with Gasteiger partial charge in [-0.25, -0.2) is 0 Å². The number of benzene rings is 1. The van der Waals surface area contributed by atoms with E-state index in [0.29, 0.717) is 0 Å². The smallest absolute Gasteiger partial charge is 0.0260 e. The molecule has 1 heterocycles. The second kappa shape index (κ2) is 6.55. The third kappa shape index (κ3) is 3.50. The summed E-state index contributed by atoms with van der Waals surface area (Å²) in [6.07, 6.45) is 9.04. The van der Waals surface area contributed by atoms with Crippen molar-refractivity contribution in [3.63, 3.8) is 0 Å². The fourth-order valence-corrected chi connectivity index (χ4v) is 5.17. The number of rotatable bonds is 4. The molecule has 0 aromatic heterocycles. The van der Waals surface area contributed by atoms with Gasteiger partial charge in [-0.3, -0.25) is 0 Å². The summed E-state index contributed by atoms with van der Waals surface area (Å²) in [6.45, 7) is 1.17. The molecule has 1 N–H and O–H groups in total. The van der Waals surface area contributed by atoms with Gasteiger partial charge in [-0.2, -0.15) is 11.8 Å². The Morgan fingerprint density at radius 2 is 2.00 bits per heavy atom. The lowest BCUT2D eigenvalue weighted by atomic mass is 9.95. The molecule has 1 aromatic carbocycles. The van der Waals surface area contributed by atoms with E-state index in [4.69, 9.17) is 0 Å². The number of hydrogen-bond donors (Lipinski definition) is 1. The van der Waals surface area contributed by atoms with E-state index in [1.54, 1.807) is 5.56 Å². The molecule has 0 radical (unpaired) electrons. The molecular weight excluding hydrogens is 270 g/mol. The minimum Gasteiger partial charge on any atom is -0.313 e. The van der Waals surface area contributed by atoms with E-state index in [2.05, 4.69) is 59.4 Å². The zero-order valence-corrected chi connectivity index (χ0v) is 13.2. The zero-order chi connectivity index (χ0) is 13.1. The summed E-state index contributed by atoms with van der Waals surface area (Å²) < 4.78 is 0. The van der Waals surface area contributed by atoms with Crippen LogP contribution in [0.3, 0.4) is 0 Å². The SMILES string of the molecule is CSC1CCC(NCC2Cc3ccccc3S2)CC1. The number of thioether (sulfide) groups is 2. The lowest BCUT2D eigenvalue weighted by molar-refractivity contribution is 0.381. The Bertz CT molecular complexity index is 388. The van der Waals surface area contributed by atoms with Gasteiger partial charge in [0, 0.05) is 28.0 Å². The van der Waals surface area contributed by atoms with E-state index in [9.17, 15) is 0 Å². The van der Waals surface area contributed by atoms with E-state index < -0.39 is 0 Å². The molecular formula is C16H23NS2. The first-order chi connectivity index (χ1) is 9.35. The fourth-order valence-electron chi connectivity index (χ4n) is 3.17. The molecule has 104 valence electrons. The molecule has 1 nitrogen and oxygen atoms in total. The van der Waals surface area contributed by atoms with Gasteiger partial charge in [0.2, 0.25) is 0 Å². The minimum atomic E-state index is 0.746. The molecule has 1 aliphatic carbocycles. The van der Waals surface area contributed by atoms with E-state index in [1.807, 2.05) is 0 Å². The molecule has 1 fully saturated rings. The summed E-state index contributed by atoms with van der Waals surface area (Å²) in [5.41, 5.74) is 1.55. The van der Waals surface area contributed by atoms with Crippen molar-refractivity contribution in [1.82, 2.24) is 5.32 Å². The first-order valence-corrected chi connectivity index (χ1v) is 9.52. The highest BCUT2D eigenvalue weighted by Gasteiger charge is 2.24. The molecule has 19 heavy (non-hydrogen) atoms. The van der Waals surface area contributed by atoms with E-state index in [-0.39, 0.29) is 0 Å². The molecule has 0 amide bonds. The number of hydrogen-bond acceptors (Lipinski definition) is 3. The number of fused-ring (bicyclic) bond motifs is 1. The lowest BCUT2D eigenvalue weighted by Gasteiger charge is -2.28. The van der Waals surface area contributed by atoms with Gasteiger partial charge in [0.1, 0.15) is 0 Å².